The molecule has 6 rings (SSSR count). The minimum atomic E-state index is -2.12. The monoisotopic (exact) mass is 1880 g/mol. The van der Waals surface area contributed by atoms with Gasteiger partial charge >= 0.3 is 23.9 Å². The van der Waals surface area contributed by atoms with Crippen molar-refractivity contribution in [3.05, 3.63) is 182 Å². The maximum Gasteiger partial charge on any atom is 0.307 e. The van der Waals surface area contributed by atoms with Crippen LogP contribution in [-0.4, -0.2) is 188 Å². The Balaban J connectivity index is 0.00000108. The van der Waals surface area contributed by atoms with Crippen molar-refractivity contribution in [3.63, 3.8) is 0 Å². The van der Waals surface area contributed by atoms with Gasteiger partial charge in [-0.15, -0.1) is 0 Å². The molecule has 6 aromatic rings. The van der Waals surface area contributed by atoms with E-state index in [-0.39, 0.29) is 112 Å². The number of carbonyl (C=O) groups excluding carboxylic acids is 9. The molecule has 0 bridgehead atoms. The lowest BCUT2D eigenvalue weighted by Crippen LogP contribution is -3.00. The molecule has 616 valence electrons. The van der Waals surface area contributed by atoms with E-state index in [1.54, 1.807) is 0 Å². The number of hydrogen-bond acceptors (Lipinski definition) is 16. The minimum Gasteiger partial charge on any atom is -1.00 e. The van der Waals surface area contributed by atoms with Crippen LogP contribution in [0.25, 0.3) is 0 Å². The smallest absolute Gasteiger partial charge is 0.307 e. The van der Waals surface area contributed by atoms with Crippen LogP contribution < -0.4 is 97.7 Å². The summed E-state index contributed by atoms with van der Waals surface area (Å²) < 4.78 is 16.4. The number of carboxylic acids is 1. The number of aliphatic hydroxyl groups excluding tert-OH is 3. The van der Waals surface area contributed by atoms with Gasteiger partial charge in [-0.05, 0) is 111 Å². The number of aliphatic hydroxyl groups is 3. The molecule has 0 aromatic heterocycles. The number of nitrogens with one attached hydrogen (secondary N) is 6. The Bertz CT molecular complexity index is 3450. The van der Waals surface area contributed by atoms with Crippen LogP contribution in [0.2, 0.25) is 0 Å². The number of carbonyl (C=O) groups is 10. The Morgan fingerprint density at radius 2 is 0.554 bits per heavy atom. The van der Waals surface area contributed by atoms with Crippen molar-refractivity contribution in [3.8, 4) is 0 Å². The van der Waals surface area contributed by atoms with Crippen LogP contribution in [0, 0.1) is 0 Å². The van der Waals surface area contributed by atoms with Gasteiger partial charge in [0, 0.05) is 39.0 Å². The largest absolute Gasteiger partial charge is 1.00 e. The van der Waals surface area contributed by atoms with Gasteiger partial charge < -0.3 is 101 Å². The van der Waals surface area contributed by atoms with Gasteiger partial charge in [0.2, 0.25) is 11.8 Å². The molecule has 0 fully saturated rings. The van der Waals surface area contributed by atoms with Gasteiger partial charge in [-0.1, -0.05) is 209 Å². The first-order valence-electron chi connectivity index (χ1n) is 34.7. The van der Waals surface area contributed by atoms with Gasteiger partial charge in [-0.2, -0.15) is 0 Å². The van der Waals surface area contributed by atoms with E-state index < -0.39 is 138 Å². The Labute approximate surface area is 716 Å². The van der Waals surface area contributed by atoms with Crippen LogP contribution in [0.4, 0.5) is 0 Å². The number of unbranched alkanes of at least 4 members (excludes halogenated alkanes) is 4. The van der Waals surface area contributed by atoms with Crippen molar-refractivity contribution in [1.82, 2.24) is 31.9 Å². The fourth-order valence-electron chi connectivity index (χ4n) is 10.9. The second-order valence-corrected chi connectivity index (χ2v) is 36.2. The molecule has 23 nitrogen and oxygen atoms in total. The molecule has 0 aliphatic heterocycles. The number of carboxylic acid groups (broad SMARTS) is 1. The highest BCUT2D eigenvalue weighted by molar-refractivity contribution is 7.96. The third kappa shape index (κ3) is 36.9. The summed E-state index contributed by atoms with van der Waals surface area (Å²) in [5.74, 6) is -7.13. The molecule has 10 N–H and O–H groups in total. The predicted octanol–water partition coefficient (Wildman–Crippen LogP) is 2.35. The number of benzene rings is 6. The summed E-state index contributed by atoms with van der Waals surface area (Å²) >= 11 is 43.6. The normalized spacial score (nSPS) is 11.1. The lowest BCUT2D eigenvalue weighted by molar-refractivity contribution is -0.159. The van der Waals surface area contributed by atoms with Gasteiger partial charge in [0.05, 0.1) is 57.8 Å². The average molecular weight is 1880 g/mol. The van der Waals surface area contributed by atoms with E-state index >= 15 is 0 Å². The summed E-state index contributed by atoms with van der Waals surface area (Å²) in [6, 6.07) is 63.4. The van der Waals surface area contributed by atoms with Crippen molar-refractivity contribution in [2.75, 3.05) is 78.1 Å². The zero-order valence-electron chi connectivity index (χ0n) is 60.4. The summed E-state index contributed by atoms with van der Waals surface area (Å²) in [5.41, 5.74) is -3.21. The summed E-state index contributed by atoms with van der Waals surface area (Å²) in [6.07, 6.45) is 5.31. The molecule has 0 aliphatic carbocycles. The summed E-state index contributed by atoms with van der Waals surface area (Å²) in [4.78, 5) is 115. The van der Waals surface area contributed by atoms with Crippen LogP contribution in [0.5, 0.6) is 0 Å². The summed E-state index contributed by atoms with van der Waals surface area (Å²) in [5, 5.41) is 58.8. The van der Waals surface area contributed by atoms with Crippen LogP contribution in [0.15, 0.2) is 182 Å². The molecule has 0 aliphatic rings. The Morgan fingerprint density at radius 3 is 0.768 bits per heavy atom. The standard InChI is InChI=1S/C43H49Cl6N4O10P.C28H34NO4P.C5H7Cl2NO3.CH4.2BrH/c44-37(45)40(58)50-23-20-34(55)61-27-43(28-62-35(56)21-24-51-41(59)38(46)47,29-63-36(57)22-25-52-42(60)39(48)49)53-33(54)19-11-4-12-26-64(30-13-5-1-6-14-30,31-15-7-2-8-16-31)32-17-9-3-10-18-32;30-21-28(22-31,23-32)29-27(33)19-11-4-12-20-34(24-13-5-1-6-14-24,25-15-7-2-8-16-25)26-17-9-3-10-18-26;6-4(7)5(11)8-2-1-3(9)10;;;/h1-3,5-10,13-18,37-39H,4,11-12,19-29H2,(H3-,50,51,52,53,54,58,59,60);1-3,5-10,13-18,30-32H,4,11-12,19-23H2;4H,1-2H2,(H,8,11)(H,9,10);1H4;2*1H. The highest BCUT2D eigenvalue weighted by atomic mass is 79.9. The van der Waals surface area contributed by atoms with Gasteiger partial charge in [0.1, 0.15) is 77.3 Å². The molecule has 6 aromatic carbocycles. The second kappa shape index (κ2) is 57.2. The van der Waals surface area contributed by atoms with Gasteiger partial charge in [-0.25, -0.2) is 0 Å². The molecule has 112 heavy (non-hydrogen) atoms. The molecular weight excluding hydrogens is 1790 g/mol. The van der Waals surface area contributed by atoms with Gasteiger partial charge in [-0.3, -0.25) is 47.9 Å². The number of aliphatic carboxylic acids is 1. The lowest BCUT2D eigenvalue weighted by Gasteiger charge is -2.33. The summed E-state index contributed by atoms with van der Waals surface area (Å²) in [6.45, 7) is -4.07. The van der Waals surface area contributed by atoms with E-state index in [0.29, 0.717) is 19.3 Å². The quantitative estimate of drug-likeness (QED) is 0.00862. The fraction of sp³-hybridized carbons (Fsp3) is 0.403. The van der Waals surface area contributed by atoms with Crippen molar-refractivity contribution in [1.29, 1.82) is 0 Å². The molecular formula is C77H96Br2Cl8N6O17P2. The third-order valence-electron chi connectivity index (χ3n) is 16.5. The van der Waals surface area contributed by atoms with E-state index in [0.717, 1.165) is 31.6 Å². The zero-order chi connectivity index (χ0) is 80.1. The third-order valence-corrected chi connectivity index (χ3v) is 27.2. The number of halogens is 10. The predicted molar refractivity (Wildman–Crippen MR) is 440 cm³/mol. The highest BCUT2D eigenvalue weighted by Gasteiger charge is 2.46. The minimum absolute atomic E-state index is 0. The topological polar surface area (TPSA) is 351 Å². The Kier molecular flexibility index (Phi) is 53.1. The van der Waals surface area contributed by atoms with Crippen molar-refractivity contribution in [2.24, 2.45) is 0 Å². The van der Waals surface area contributed by atoms with Crippen LogP contribution >= 0.6 is 107 Å². The van der Waals surface area contributed by atoms with E-state index in [1.807, 2.05) is 54.6 Å². The van der Waals surface area contributed by atoms with E-state index in [1.165, 1.54) is 31.8 Å². The number of amides is 6. The van der Waals surface area contributed by atoms with Crippen molar-refractivity contribution >= 4 is 198 Å². The second-order valence-electron chi connectivity index (χ2n) is 24.6. The molecule has 0 atom stereocenters. The number of hydrogen-bond donors (Lipinski definition) is 10. The molecule has 0 saturated heterocycles. The fourth-order valence-corrected chi connectivity index (χ4v) is 20.4. The highest BCUT2D eigenvalue weighted by Crippen LogP contribution is 2.57. The maximum absolute atomic E-state index is 13.8. The summed E-state index contributed by atoms with van der Waals surface area (Å²) in [7, 11) is -3.98. The van der Waals surface area contributed by atoms with Gasteiger partial charge in [0.25, 0.3) is 23.6 Å². The van der Waals surface area contributed by atoms with E-state index in [4.69, 9.17) is 112 Å². The molecule has 0 heterocycles. The maximum atomic E-state index is 13.8. The first-order chi connectivity index (χ1) is 52.2. The first kappa shape index (κ1) is 104. The van der Waals surface area contributed by atoms with Crippen LogP contribution in [0.1, 0.15) is 84.5 Å². The molecule has 0 saturated carbocycles. The lowest BCUT2D eigenvalue weighted by atomic mass is 10.0. The first-order valence-corrected chi connectivity index (χ1v) is 42.1. The average Bonchev–Trinajstić information content (AvgIpc) is 0.765. The van der Waals surface area contributed by atoms with Crippen molar-refractivity contribution < 1.29 is 117 Å². The van der Waals surface area contributed by atoms with Crippen LogP contribution in [-0.2, 0) is 62.2 Å². The SMILES string of the molecule is C.O=C(CCCCC[P+](c1ccccc1)(c1ccccc1)c1ccccc1)NC(CO)(CO)CO.O=C(CCCCC[P+](c1ccccc1)(c1ccccc1)c1ccccc1)NC(COC(=O)CCNC(=O)C(Cl)Cl)(COC(=O)CCNC(=O)C(Cl)Cl)COC(=O)CCNC(=O)C(Cl)Cl.O=C(O)CCNC(=O)C(Cl)Cl.[Br-].[Br-]. The Morgan fingerprint density at radius 1 is 0.330 bits per heavy atom. The molecule has 35 heteroatoms. The Hall–Kier alpha value is -5.96. The molecule has 0 unspecified atom stereocenters. The van der Waals surface area contributed by atoms with E-state index in [2.05, 4.69) is 159 Å². The van der Waals surface area contributed by atoms with Crippen LogP contribution in [0.3, 0.4) is 0 Å². The van der Waals surface area contributed by atoms with E-state index in [9.17, 15) is 63.3 Å². The number of rotatable bonds is 45. The molecule has 0 radical (unpaired) electrons. The van der Waals surface area contributed by atoms with Crippen molar-refractivity contribution in [2.45, 2.75) is 115 Å². The molecule has 6 amide bonds. The number of ether oxygens (including phenoxy) is 3. The van der Waals surface area contributed by atoms with Gasteiger partial charge in [0.15, 0.2) is 19.3 Å². The number of alkyl halides is 8. The number of esters is 3. The molecule has 0 spiro atoms. The zero-order valence-corrected chi connectivity index (χ0v) is 71.4.